The molecule has 0 unspecified atom stereocenters. The Hall–Kier alpha value is -0.0862. The molecule has 5 radical (unpaired) electrons. The molecule has 0 aromatic heterocycles. The third-order valence-corrected chi connectivity index (χ3v) is 2.63. The van der Waals surface area contributed by atoms with E-state index in [4.69, 9.17) is 0 Å². The van der Waals surface area contributed by atoms with E-state index in [-0.39, 0.29) is 0 Å². The van der Waals surface area contributed by atoms with Crippen LogP contribution in [0.4, 0.5) is 0 Å². The summed E-state index contributed by atoms with van der Waals surface area (Å²) in [7, 11) is 4.29. The van der Waals surface area contributed by atoms with Crippen LogP contribution in [-0.2, 0) is 0 Å². The van der Waals surface area contributed by atoms with Crippen molar-refractivity contribution in [1.29, 1.82) is 0 Å². The quantitative estimate of drug-likeness (QED) is 0.448. The highest BCUT2D eigenvalue weighted by Gasteiger charge is 1.97. The maximum Gasteiger partial charge on any atom is 0.0326 e. The average Bonchev–Trinajstić information content (AvgIpc) is 2.14. The fourth-order valence-electron chi connectivity index (χ4n) is 0.528. The Morgan fingerprint density at radius 3 is 2.14 bits per heavy atom. The molecule has 0 nitrogen and oxygen atoms in total. The standard InChI is InChI=1S/C5H5Si2/c6-7-5-3-1-2-4-5/h1-5H. The summed E-state index contributed by atoms with van der Waals surface area (Å²) in [6.45, 7) is 0. The highest BCUT2D eigenvalue weighted by molar-refractivity contribution is 6.90. The van der Waals surface area contributed by atoms with Gasteiger partial charge in [-0.25, -0.2) is 0 Å². The maximum atomic E-state index is 3.44. The lowest BCUT2D eigenvalue weighted by Gasteiger charge is -1.92. The largest absolute Gasteiger partial charge is 0.0812 e. The van der Waals surface area contributed by atoms with Gasteiger partial charge in [0, 0.05) is 18.8 Å². The Morgan fingerprint density at radius 1 is 1.29 bits per heavy atom. The summed E-state index contributed by atoms with van der Waals surface area (Å²) in [5.74, 6) is 0. The predicted molar refractivity (Wildman–Crippen MR) is 33.5 cm³/mol. The first-order valence-electron chi connectivity index (χ1n) is 2.21. The molecule has 1 aliphatic carbocycles. The van der Waals surface area contributed by atoms with Crippen LogP contribution in [0.1, 0.15) is 0 Å². The molecule has 2 heteroatoms. The van der Waals surface area contributed by atoms with E-state index in [0.29, 0.717) is 5.54 Å². The molecule has 0 aromatic rings. The molecular formula is C5H5Si2. The molecule has 0 spiro atoms. The van der Waals surface area contributed by atoms with Gasteiger partial charge >= 0.3 is 0 Å². The van der Waals surface area contributed by atoms with Gasteiger partial charge in [-0.15, -0.1) is 0 Å². The first-order chi connectivity index (χ1) is 3.43. The van der Waals surface area contributed by atoms with Gasteiger partial charge in [0.05, 0.1) is 0 Å². The van der Waals surface area contributed by atoms with Crippen LogP contribution in [0.5, 0.6) is 0 Å². The van der Waals surface area contributed by atoms with Gasteiger partial charge in [-0.2, -0.15) is 0 Å². The molecule has 0 saturated carbocycles. The Kier molecular flexibility index (Phi) is 1.65. The van der Waals surface area contributed by atoms with E-state index in [2.05, 4.69) is 34.1 Å². The van der Waals surface area contributed by atoms with Crippen LogP contribution in [-0.4, -0.2) is 18.8 Å². The zero-order valence-electron chi connectivity index (χ0n) is 3.89. The van der Waals surface area contributed by atoms with Crippen molar-refractivity contribution in [3.05, 3.63) is 24.3 Å². The third-order valence-electron chi connectivity index (χ3n) is 0.915. The normalized spacial score (nSPS) is 19.0. The van der Waals surface area contributed by atoms with Crippen LogP contribution in [0.3, 0.4) is 0 Å². The summed E-state index contributed by atoms with van der Waals surface area (Å²) >= 11 is 0. The van der Waals surface area contributed by atoms with Crippen molar-refractivity contribution in [2.24, 2.45) is 0 Å². The minimum atomic E-state index is 0.677. The average molecular weight is 121 g/mol. The fraction of sp³-hybridized carbons (Fsp3) is 0.200. The van der Waals surface area contributed by atoms with Crippen molar-refractivity contribution in [3.8, 4) is 0 Å². The maximum absolute atomic E-state index is 3.44. The zero-order valence-corrected chi connectivity index (χ0v) is 5.89. The van der Waals surface area contributed by atoms with Crippen molar-refractivity contribution in [2.45, 2.75) is 5.54 Å². The van der Waals surface area contributed by atoms with Gasteiger partial charge in [-0.3, -0.25) is 0 Å². The summed E-state index contributed by atoms with van der Waals surface area (Å²) in [6.07, 6.45) is 8.53. The Bertz CT molecular complexity index is 92.6. The second-order valence-electron chi connectivity index (χ2n) is 1.44. The first kappa shape index (κ1) is 5.06. The second-order valence-corrected chi connectivity index (χ2v) is 3.26. The molecule has 1 rings (SSSR count). The Morgan fingerprint density at radius 2 is 1.86 bits per heavy atom. The Balaban J connectivity index is 2.44. The topological polar surface area (TPSA) is 0 Å². The second kappa shape index (κ2) is 2.28. The first-order valence-corrected chi connectivity index (χ1v) is 4.78. The molecule has 33 valence electrons. The lowest BCUT2D eigenvalue weighted by Crippen LogP contribution is -1.93. The summed E-state index contributed by atoms with van der Waals surface area (Å²) in [5.41, 5.74) is 0.677. The summed E-state index contributed by atoms with van der Waals surface area (Å²) < 4.78 is 0. The van der Waals surface area contributed by atoms with Gasteiger partial charge in [0.15, 0.2) is 0 Å². The molecule has 0 heterocycles. The highest BCUT2D eigenvalue weighted by Crippen LogP contribution is 2.11. The van der Waals surface area contributed by atoms with Crippen molar-refractivity contribution >= 4 is 18.8 Å². The molecule has 0 bridgehead atoms. The van der Waals surface area contributed by atoms with E-state index in [0.717, 1.165) is 9.04 Å². The molecular weight excluding hydrogens is 116 g/mol. The van der Waals surface area contributed by atoms with Gasteiger partial charge < -0.3 is 0 Å². The monoisotopic (exact) mass is 121 g/mol. The van der Waals surface area contributed by atoms with E-state index >= 15 is 0 Å². The van der Waals surface area contributed by atoms with Crippen molar-refractivity contribution in [3.63, 3.8) is 0 Å². The molecule has 0 aliphatic heterocycles. The van der Waals surface area contributed by atoms with E-state index in [1.165, 1.54) is 0 Å². The molecule has 0 fully saturated rings. The van der Waals surface area contributed by atoms with Crippen molar-refractivity contribution < 1.29 is 0 Å². The molecule has 0 N–H and O–H groups in total. The number of hydrogen-bond acceptors (Lipinski definition) is 0. The van der Waals surface area contributed by atoms with Crippen LogP contribution in [0.25, 0.3) is 0 Å². The van der Waals surface area contributed by atoms with E-state index in [9.17, 15) is 0 Å². The van der Waals surface area contributed by atoms with Crippen LogP contribution in [0, 0.1) is 0 Å². The minimum absolute atomic E-state index is 0.677. The lowest BCUT2D eigenvalue weighted by molar-refractivity contribution is 1.42. The highest BCUT2D eigenvalue weighted by atomic mass is 29.1. The molecule has 7 heavy (non-hydrogen) atoms. The predicted octanol–water partition coefficient (Wildman–Crippen LogP) is 0.689. The van der Waals surface area contributed by atoms with Crippen LogP contribution < -0.4 is 0 Å². The number of rotatable bonds is 1. The summed E-state index contributed by atoms with van der Waals surface area (Å²) in [6, 6.07) is 0. The van der Waals surface area contributed by atoms with E-state index in [1.807, 2.05) is 0 Å². The van der Waals surface area contributed by atoms with E-state index in [1.54, 1.807) is 0 Å². The van der Waals surface area contributed by atoms with Gasteiger partial charge in [-0.05, 0) is 5.54 Å². The van der Waals surface area contributed by atoms with Crippen LogP contribution in [0.15, 0.2) is 24.3 Å². The molecule has 0 saturated heterocycles. The summed E-state index contributed by atoms with van der Waals surface area (Å²) in [4.78, 5) is 0. The molecule has 0 aromatic carbocycles. The Labute approximate surface area is 49.3 Å². The molecule has 0 amide bonds. The van der Waals surface area contributed by atoms with Gasteiger partial charge in [-0.1, -0.05) is 24.3 Å². The lowest BCUT2D eigenvalue weighted by atomic mass is 10.5. The van der Waals surface area contributed by atoms with Crippen molar-refractivity contribution in [2.75, 3.05) is 0 Å². The smallest absolute Gasteiger partial charge is 0.0326 e. The minimum Gasteiger partial charge on any atom is -0.0812 e. The van der Waals surface area contributed by atoms with Crippen LogP contribution >= 0.6 is 0 Å². The zero-order chi connectivity index (χ0) is 5.11. The molecule has 1 aliphatic rings. The third kappa shape index (κ3) is 1.14. The SMILES string of the molecule is [Si][Si]C1C=CC=C1. The van der Waals surface area contributed by atoms with Gasteiger partial charge in [0.25, 0.3) is 0 Å². The van der Waals surface area contributed by atoms with E-state index < -0.39 is 0 Å². The van der Waals surface area contributed by atoms with Gasteiger partial charge in [0.1, 0.15) is 0 Å². The fourth-order valence-corrected chi connectivity index (χ4v) is 1.52. The number of allylic oxidation sites excluding steroid dienone is 4. The van der Waals surface area contributed by atoms with Crippen molar-refractivity contribution in [1.82, 2.24) is 0 Å². The summed E-state index contributed by atoms with van der Waals surface area (Å²) in [5, 5.41) is 0. The molecule has 0 atom stereocenters. The van der Waals surface area contributed by atoms with Crippen LogP contribution in [0.2, 0.25) is 5.54 Å². The number of hydrogen-bond donors (Lipinski definition) is 0. The van der Waals surface area contributed by atoms with Gasteiger partial charge in [0.2, 0.25) is 0 Å².